The van der Waals surface area contributed by atoms with Crippen LogP contribution in [-0.2, 0) is 6.54 Å². The minimum Gasteiger partial charge on any atom is -0.388 e. The summed E-state index contributed by atoms with van der Waals surface area (Å²) in [6.07, 6.45) is 1.59. The number of benzene rings is 1. The molecule has 3 N–H and O–H groups in total. The van der Waals surface area contributed by atoms with Gasteiger partial charge in [0.15, 0.2) is 0 Å². The van der Waals surface area contributed by atoms with Crippen LogP contribution in [0.15, 0.2) is 24.3 Å². The van der Waals surface area contributed by atoms with Crippen molar-refractivity contribution in [3.05, 3.63) is 35.4 Å². The van der Waals surface area contributed by atoms with E-state index >= 15 is 0 Å². The molecule has 1 aliphatic heterocycles. The standard InChI is InChI=1S/C14H20N2O2/c1-14(18)6-3-7-16(10-14)13(17)12-5-2-4-11(8-12)9-15/h2,4-5,8,18H,3,6-7,9-10,15H2,1H3. The number of hydrogen-bond acceptors (Lipinski definition) is 3. The summed E-state index contributed by atoms with van der Waals surface area (Å²) in [5.41, 5.74) is 6.41. The number of β-amino-alcohol motifs (C(OH)–C–C–N with tert-alkyl or cyclic N) is 1. The number of nitrogens with two attached hydrogens (primary N) is 1. The van der Waals surface area contributed by atoms with Gasteiger partial charge in [0.25, 0.3) is 5.91 Å². The number of piperidine rings is 1. The van der Waals surface area contributed by atoms with Gasteiger partial charge in [-0.3, -0.25) is 4.79 Å². The van der Waals surface area contributed by atoms with Crippen molar-refractivity contribution < 1.29 is 9.90 Å². The number of aliphatic hydroxyl groups is 1. The second-order valence-electron chi connectivity index (χ2n) is 5.23. The molecule has 1 aromatic carbocycles. The first-order valence-corrected chi connectivity index (χ1v) is 6.32. The highest BCUT2D eigenvalue weighted by atomic mass is 16.3. The van der Waals surface area contributed by atoms with E-state index in [0.717, 1.165) is 18.4 Å². The Labute approximate surface area is 107 Å². The molecule has 1 atom stereocenters. The van der Waals surface area contributed by atoms with Crippen LogP contribution in [-0.4, -0.2) is 34.6 Å². The molecule has 18 heavy (non-hydrogen) atoms. The third-order valence-corrected chi connectivity index (χ3v) is 3.37. The van der Waals surface area contributed by atoms with Gasteiger partial charge in [0.1, 0.15) is 0 Å². The lowest BCUT2D eigenvalue weighted by Gasteiger charge is -2.36. The van der Waals surface area contributed by atoms with Gasteiger partial charge in [0.2, 0.25) is 0 Å². The van der Waals surface area contributed by atoms with E-state index in [1.54, 1.807) is 17.9 Å². The summed E-state index contributed by atoms with van der Waals surface area (Å²) < 4.78 is 0. The number of likely N-dealkylation sites (tertiary alicyclic amines) is 1. The summed E-state index contributed by atoms with van der Waals surface area (Å²) >= 11 is 0. The van der Waals surface area contributed by atoms with Crippen molar-refractivity contribution in [1.82, 2.24) is 4.90 Å². The van der Waals surface area contributed by atoms with Crippen molar-refractivity contribution in [3.63, 3.8) is 0 Å². The Morgan fingerprint density at radius 3 is 3.00 bits per heavy atom. The molecule has 1 fully saturated rings. The van der Waals surface area contributed by atoms with Crippen molar-refractivity contribution in [3.8, 4) is 0 Å². The fraction of sp³-hybridized carbons (Fsp3) is 0.500. The van der Waals surface area contributed by atoms with Gasteiger partial charge in [-0.25, -0.2) is 0 Å². The van der Waals surface area contributed by atoms with E-state index in [1.807, 2.05) is 18.2 Å². The average Bonchev–Trinajstić information content (AvgIpc) is 2.37. The highest BCUT2D eigenvalue weighted by molar-refractivity contribution is 5.94. The van der Waals surface area contributed by atoms with Gasteiger partial charge < -0.3 is 15.7 Å². The molecule has 0 spiro atoms. The lowest BCUT2D eigenvalue weighted by Crippen LogP contribution is -2.48. The number of nitrogens with zero attached hydrogens (tertiary/aromatic N) is 1. The van der Waals surface area contributed by atoms with Gasteiger partial charge in [-0.15, -0.1) is 0 Å². The van der Waals surface area contributed by atoms with Crippen molar-refractivity contribution in [2.45, 2.75) is 31.9 Å². The molecule has 0 radical (unpaired) electrons. The summed E-state index contributed by atoms with van der Waals surface area (Å²) in [6.45, 7) is 3.32. The van der Waals surface area contributed by atoms with Crippen LogP contribution in [0, 0.1) is 0 Å². The molecule has 1 amide bonds. The van der Waals surface area contributed by atoms with Crippen LogP contribution in [0.1, 0.15) is 35.7 Å². The molecule has 0 bridgehead atoms. The van der Waals surface area contributed by atoms with Gasteiger partial charge in [0.05, 0.1) is 5.60 Å². The van der Waals surface area contributed by atoms with Gasteiger partial charge in [0, 0.05) is 25.2 Å². The molecule has 1 aliphatic rings. The maximum Gasteiger partial charge on any atom is 0.253 e. The normalized spacial score (nSPS) is 24.1. The van der Waals surface area contributed by atoms with E-state index in [2.05, 4.69) is 0 Å². The Kier molecular flexibility index (Phi) is 3.68. The van der Waals surface area contributed by atoms with Crippen molar-refractivity contribution in [2.75, 3.05) is 13.1 Å². The predicted molar refractivity (Wildman–Crippen MR) is 70.1 cm³/mol. The van der Waals surface area contributed by atoms with Crippen LogP contribution >= 0.6 is 0 Å². The first-order chi connectivity index (χ1) is 8.52. The number of amides is 1. The molecule has 0 saturated carbocycles. The van der Waals surface area contributed by atoms with E-state index in [0.29, 0.717) is 25.2 Å². The number of carbonyl (C=O) groups is 1. The summed E-state index contributed by atoms with van der Waals surface area (Å²) in [5, 5.41) is 10.0. The summed E-state index contributed by atoms with van der Waals surface area (Å²) in [6, 6.07) is 7.37. The van der Waals surface area contributed by atoms with Crippen LogP contribution < -0.4 is 5.73 Å². The third-order valence-electron chi connectivity index (χ3n) is 3.37. The quantitative estimate of drug-likeness (QED) is 0.824. The van der Waals surface area contributed by atoms with E-state index < -0.39 is 5.60 Å². The van der Waals surface area contributed by atoms with Crippen LogP contribution in [0.4, 0.5) is 0 Å². The van der Waals surface area contributed by atoms with Gasteiger partial charge in [-0.2, -0.15) is 0 Å². The second kappa shape index (κ2) is 5.08. The summed E-state index contributed by atoms with van der Waals surface area (Å²) in [7, 11) is 0. The Morgan fingerprint density at radius 1 is 1.56 bits per heavy atom. The molecule has 1 heterocycles. The molecule has 4 nitrogen and oxygen atoms in total. The maximum atomic E-state index is 12.3. The molecule has 0 aromatic heterocycles. The van der Waals surface area contributed by atoms with Crippen molar-refractivity contribution in [1.29, 1.82) is 0 Å². The number of rotatable bonds is 2. The Bertz CT molecular complexity index is 443. The van der Waals surface area contributed by atoms with Gasteiger partial charge in [-0.1, -0.05) is 12.1 Å². The number of carbonyl (C=O) groups excluding carboxylic acids is 1. The van der Waals surface area contributed by atoms with E-state index in [9.17, 15) is 9.90 Å². The zero-order valence-corrected chi connectivity index (χ0v) is 10.7. The smallest absolute Gasteiger partial charge is 0.253 e. The first kappa shape index (κ1) is 13.1. The minimum atomic E-state index is -0.764. The fourth-order valence-corrected chi connectivity index (χ4v) is 2.41. The van der Waals surface area contributed by atoms with E-state index in [1.165, 1.54) is 0 Å². The molecule has 0 aliphatic carbocycles. The minimum absolute atomic E-state index is 0.0229. The molecule has 2 rings (SSSR count). The average molecular weight is 248 g/mol. The van der Waals surface area contributed by atoms with Crippen molar-refractivity contribution >= 4 is 5.91 Å². The highest BCUT2D eigenvalue weighted by Crippen LogP contribution is 2.22. The highest BCUT2D eigenvalue weighted by Gasteiger charge is 2.31. The van der Waals surface area contributed by atoms with Crippen molar-refractivity contribution in [2.24, 2.45) is 5.73 Å². The van der Waals surface area contributed by atoms with Crippen LogP contribution in [0.3, 0.4) is 0 Å². The first-order valence-electron chi connectivity index (χ1n) is 6.32. The molecule has 1 aromatic rings. The lowest BCUT2D eigenvalue weighted by molar-refractivity contribution is -0.0107. The van der Waals surface area contributed by atoms with E-state index in [-0.39, 0.29) is 5.91 Å². The van der Waals surface area contributed by atoms with Crippen LogP contribution in [0.5, 0.6) is 0 Å². The Hall–Kier alpha value is -1.39. The van der Waals surface area contributed by atoms with E-state index in [4.69, 9.17) is 5.73 Å². The molecule has 1 unspecified atom stereocenters. The summed E-state index contributed by atoms with van der Waals surface area (Å²) in [5.74, 6) is -0.0229. The monoisotopic (exact) mass is 248 g/mol. The van der Waals surface area contributed by atoms with Gasteiger partial charge in [-0.05, 0) is 37.5 Å². The van der Waals surface area contributed by atoms with Crippen LogP contribution in [0.2, 0.25) is 0 Å². The molecular weight excluding hydrogens is 228 g/mol. The van der Waals surface area contributed by atoms with Gasteiger partial charge >= 0.3 is 0 Å². The largest absolute Gasteiger partial charge is 0.388 e. The number of hydrogen-bond donors (Lipinski definition) is 2. The molecule has 4 heteroatoms. The lowest BCUT2D eigenvalue weighted by atomic mass is 9.94. The zero-order valence-electron chi connectivity index (χ0n) is 10.7. The summed E-state index contributed by atoms with van der Waals surface area (Å²) in [4.78, 5) is 14.1. The fourth-order valence-electron chi connectivity index (χ4n) is 2.41. The molecule has 98 valence electrons. The predicted octanol–water partition coefficient (Wildman–Crippen LogP) is 1.13. The Morgan fingerprint density at radius 2 is 2.33 bits per heavy atom. The SMILES string of the molecule is CC1(O)CCCN(C(=O)c2cccc(CN)c2)C1. The topological polar surface area (TPSA) is 66.6 Å². The molecular formula is C14H20N2O2. The second-order valence-corrected chi connectivity index (χ2v) is 5.23. The zero-order chi connectivity index (χ0) is 13.2. The third kappa shape index (κ3) is 2.89. The maximum absolute atomic E-state index is 12.3. The molecule has 1 saturated heterocycles. The Balaban J connectivity index is 2.15. The van der Waals surface area contributed by atoms with Crippen LogP contribution in [0.25, 0.3) is 0 Å².